The Bertz CT molecular complexity index is 325. The Labute approximate surface area is 86.2 Å². The topological polar surface area (TPSA) is 20.3 Å². The third kappa shape index (κ3) is 2.62. The molecular weight excluding hydrogens is 173 g/mol. The number of hydrogen-bond acceptors (Lipinski definition) is 1. The highest BCUT2D eigenvalue weighted by Gasteiger charge is 2.05. The summed E-state index contributed by atoms with van der Waals surface area (Å²) in [6.45, 7) is 4.26. The van der Waals surface area contributed by atoms with Crippen LogP contribution in [-0.2, 0) is 11.3 Å². The van der Waals surface area contributed by atoms with Crippen LogP contribution in [0.4, 0.5) is 0 Å². The zero-order valence-corrected chi connectivity index (χ0v) is 8.95. The highest BCUT2D eigenvalue weighted by atomic mass is 16.2. The maximum Gasteiger partial charge on any atom is 0.219 e. The molecule has 14 heavy (non-hydrogen) atoms. The van der Waals surface area contributed by atoms with Crippen molar-refractivity contribution in [3.05, 3.63) is 29.8 Å². The minimum absolute atomic E-state index is 0.0934. The molecule has 0 fully saturated rings. The van der Waals surface area contributed by atoms with Crippen LogP contribution in [0.1, 0.15) is 12.5 Å². The molecule has 0 aromatic heterocycles. The first-order valence-electron chi connectivity index (χ1n) is 4.74. The fraction of sp³-hybridized carbons (Fsp3) is 0.364. The Morgan fingerprint density at radius 3 is 2.64 bits per heavy atom. The van der Waals surface area contributed by atoms with Gasteiger partial charge in [-0.05, 0) is 5.56 Å². The summed E-state index contributed by atoms with van der Waals surface area (Å²) < 4.78 is 0. The summed E-state index contributed by atoms with van der Waals surface area (Å²) in [4.78, 5) is 12.8. The van der Waals surface area contributed by atoms with E-state index in [1.54, 1.807) is 11.8 Å². The van der Waals surface area contributed by atoms with Gasteiger partial charge in [0.25, 0.3) is 0 Å². The van der Waals surface area contributed by atoms with Gasteiger partial charge in [0.1, 0.15) is 7.28 Å². The monoisotopic (exact) mass is 188 g/mol. The molecule has 2 nitrogen and oxygen atoms in total. The van der Waals surface area contributed by atoms with Crippen LogP contribution < -0.4 is 5.46 Å². The van der Waals surface area contributed by atoms with Crippen molar-refractivity contribution < 1.29 is 4.79 Å². The predicted molar refractivity (Wildman–Crippen MR) is 59.8 cm³/mol. The second-order valence-electron chi connectivity index (χ2n) is 3.36. The average molecular weight is 188 g/mol. The summed E-state index contributed by atoms with van der Waals surface area (Å²) in [5, 5.41) is 0. The van der Waals surface area contributed by atoms with Gasteiger partial charge in [0.2, 0.25) is 5.91 Å². The Morgan fingerprint density at radius 1 is 1.43 bits per heavy atom. The van der Waals surface area contributed by atoms with Gasteiger partial charge >= 0.3 is 0 Å². The highest BCUT2D eigenvalue weighted by Crippen LogP contribution is 2.00. The minimum Gasteiger partial charge on any atom is -0.342 e. The average Bonchev–Trinajstić information content (AvgIpc) is 2.18. The molecule has 1 aromatic rings. The van der Waals surface area contributed by atoms with Gasteiger partial charge in [0.15, 0.2) is 0 Å². The quantitative estimate of drug-likeness (QED) is 0.649. The molecule has 0 unspecified atom stereocenters. The van der Waals surface area contributed by atoms with Crippen molar-refractivity contribution in [2.45, 2.75) is 20.3 Å². The van der Waals surface area contributed by atoms with Gasteiger partial charge in [0.05, 0.1) is 0 Å². The van der Waals surface area contributed by atoms with Crippen molar-refractivity contribution in [3.63, 3.8) is 0 Å². The van der Waals surface area contributed by atoms with E-state index in [2.05, 4.69) is 19.4 Å². The van der Waals surface area contributed by atoms with Crippen LogP contribution in [0.15, 0.2) is 24.3 Å². The third-order valence-electron chi connectivity index (χ3n) is 2.31. The maximum atomic E-state index is 11.1. The molecule has 0 spiro atoms. The van der Waals surface area contributed by atoms with Crippen LogP contribution >= 0.6 is 0 Å². The summed E-state index contributed by atoms with van der Waals surface area (Å²) in [5.74, 6) is 0.0934. The van der Waals surface area contributed by atoms with Gasteiger partial charge in [-0.1, -0.05) is 36.6 Å². The zero-order valence-electron chi connectivity index (χ0n) is 8.95. The molecule has 0 aliphatic carbocycles. The lowest BCUT2D eigenvalue weighted by molar-refractivity contribution is -0.128. The zero-order chi connectivity index (χ0) is 10.6. The molecule has 0 saturated heterocycles. The van der Waals surface area contributed by atoms with E-state index in [-0.39, 0.29) is 5.91 Å². The van der Waals surface area contributed by atoms with Gasteiger partial charge in [-0.3, -0.25) is 4.79 Å². The summed E-state index contributed by atoms with van der Waals surface area (Å²) in [6.07, 6.45) is 0. The van der Waals surface area contributed by atoms with E-state index in [0.29, 0.717) is 6.54 Å². The smallest absolute Gasteiger partial charge is 0.219 e. The Morgan fingerprint density at radius 2 is 2.07 bits per heavy atom. The molecule has 0 heterocycles. The molecule has 0 aliphatic rings. The lowest BCUT2D eigenvalue weighted by Gasteiger charge is -2.16. The molecule has 0 saturated carbocycles. The molecule has 1 rings (SSSR count). The van der Waals surface area contributed by atoms with Crippen molar-refractivity contribution in [2.24, 2.45) is 0 Å². The first kappa shape index (κ1) is 10.8. The Kier molecular flexibility index (Phi) is 3.75. The van der Waals surface area contributed by atoms with Gasteiger partial charge in [-0.25, -0.2) is 0 Å². The second kappa shape index (κ2) is 4.84. The lowest BCUT2D eigenvalue weighted by Crippen LogP contribution is -2.27. The standard InChI is InChI=1S/C11H15BNO/c1-9(14)13(3)8-10-6-4-5-7-11(10)12-2/h4-7H,8H2,1-3H3. The molecule has 73 valence electrons. The third-order valence-corrected chi connectivity index (χ3v) is 2.31. The fourth-order valence-electron chi connectivity index (χ4n) is 1.33. The van der Waals surface area contributed by atoms with Gasteiger partial charge in [-0.15, -0.1) is 0 Å². The first-order chi connectivity index (χ1) is 6.65. The number of benzene rings is 1. The number of hydrogen-bond donors (Lipinski definition) is 0. The molecule has 3 heteroatoms. The van der Waals surface area contributed by atoms with Crippen LogP contribution in [-0.4, -0.2) is 25.1 Å². The van der Waals surface area contributed by atoms with Gasteiger partial charge < -0.3 is 4.90 Å². The fourth-order valence-corrected chi connectivity index (χ4v) is 1.33. The SMILES string of the molecule is C[B]c1ccccc1CN(C)C(C)=O. The minimum atomic E-state index is 0.0934. The molecular formula is C11H15BNO. The van der Waals surface area contributed by atoms with E-state index in [9.17, 15) is 4.79 Å². The van der Waals surface area contributed by atoms with Crippen molar-refractivity contribution in [1.82, 2.24) is 4.90 Å². The van der Waals surface area contributed by atoms with Crippen molar-refractivity contribution >= 4 is 18.6 Å². The molecule has 0 atom stereocenters. The molecule has 1 amide bonds. The lowest BCUT2D eigenvalue weighted by atomic mass is 9.71. The van der Waals surface area contributed by atoms with Crippen LogP contribution in [0.2, 0.25) is 6.82 Å². The first-order valence-corrected chi connectivity index (χ1v) is 4.74. The maximum absolute atomic E-state index is 11.1. The molecule has 0 aliphatic heterocycles. The van der Waals surface area contributed by atoms with E-state index < -0.39 is 0 Å². The highest BCUT2D eigenvalue weighted by molar-refractivity contribution is 6.52. The summed E-state index contributed by atoms with van der Waals surface area (Å²) in [5.41, 5.74) is 2.38. The Hall–Kier alpha value is -1.25. The van der Waals surface area contributed by atoms with Crippen LogP contribution in [0.3, 0.4) is 0 Å². The normalized spacial score (nSPS) is 9.64. The van der Waals surface area contributed by atoms with Gasteiger partial charge in [0, 0.05) is 20.5 Å². The van der Waals surface area contributed by atoms with Crippen molar-refractivity contribution in [2.75, 3.05) is 7.05 Å². The molecule has 0 bridgehead atoms. The van der Waals surface area contributed by atoms with E-state index in [1.807, 2.05) is 26.0 Å². The van der Waals surface area contributed by atoms with Crippen LogP contribution in [0.5, 0.6) is 0 Å². The van der Waals surface area contributed by atoms with Crippen LogP contribution in [0.25, 0.3) is 0 Å². The van der Waals surface area contributed by atoms with E-state index in [1.165, 1.54) is 11.0 Å². The molecule has 0 N–H and O–H groups in total. The summed E-state index contributed by atoms with van der Waals surface area (Å²) in [7, 11) is 3.87. The van der Waals surface area contributed by atoms with Crippen LogP contribution in [0, 0.1) is 0 Å². The molecule has 1 aromatic carbocycles. The Balaban J connectivity index is 2.80. The number of carbonyl (C=O) groups is 1. The molecule has 1 radical (unpaired) electrons. The summed E-state index contributed by atoms with van der Waals surface area (Å²) >= 11 is 0. The number of rotatable bonds is 3. The van der Waals surface area contributed by atoms with Crippen molar-refractivity contribution in [1.29, 1.82) is 0 Å². The predicted octanol–water partition coefficient (Wildman–Crippen LogP) is 1.04. The van der Waals surface area contributed by atoms with E-state index >= 15 is 0 Å². The largest absolute Gasteiger partial charge is 0.342 e. The summed E-state index contributed by atoms with van der Waals surface area (Å²) in [6, 6.07) is 8.11. The van der Waals surface area contributed by atoms with Gasteiger partial charge in [-0.2, -0.15) is 0 Å². The van der Waals surface area contributed by atoms with Crippen molar-refractivity contribution in [3.8, 4) is 0 Å². The van der Waals surface area contributed by atoms with E-state index in [0.717, 1.165) is 0 Å². The number of nitrogens with zero attached hydrogens (tertiary/aromatic N) is 1. The van der Waals surface area contributed by atoms with E-state index in [4.69, 9.17) is 0 Å². The second-order valence-corrected chi connectivity index (χ2v) is 3.36. The number of carbonyl (C=O) groups excluding carboxylic acids is 1. The number of amides is 1.